The Bertz CT molecular complexity index is 455. The van der Waals surface area contributed by atoms with Crippen molar-refractivity contribution in [2.24, 2.45) is 5.92 Å². The van der Waals surface area contributed by atoms with Crippen LogP contribution in [-0.4, -0.2) is 24.7 Å². The van der Waals surface area contributed by atoms with E-state index in [0.717, 1.165) is 22.6 Å². The van der Waals surface area contributed by atoms with Crippen LogP contribution in [0.25, 0.3) is 0 Å². The first kappa shape index (κ1) is 14.4. The highest BCUT2D eigenvalue weighted by molar-refractivity contribution is 9.10. The highest BCUT2D eigenvalue weighted by Gasteiger charge is 2.17. The molecule has 1 fully saturated rings. The maximum atomic E-state index is 10.9. The molecule has 0 unspecified atom stereocenters. The van der Waals surface area contributed by atoms with Gasteiger partial charge in [0, 0.05) is 18.1 Å². The second-order valence-electron chi connectivity index (χ2n) is 5.36. The molecule has 1 aromatic rings. The van der Waals surface area contributed by atoms with Crippen LogP contribution in [0.15, 0.2) is 22.7 Å². The molecular weight excluding hydrogens is 306 g/mol. The zero-order chi connectivity index (χ0) is 13.8. The largest absolute Gasteiger partial charge is 0.478 e. The number of carbonyl (C=O) groups is 1. The molecule has 0 spiro atoms. The number of hydrogen-bond acceptors (Lipinski definition) is 2. The van der Waals surface area contributed by atoms with Gasteiger partial charge in [0.1, 0.15) is 0 Å². The second-order valence-corrected chi connectivity index (χ2v) is 6.21. The molecule has 19 heavy (non-hydrogen) atoms. The highest BCUT2D eigenvalue weighted by Crippen LogP contribution is 2.30. The molecule has 0 aromatic heterocycles. The van der Waals surface area contributed by atoms with E-state index in [1.54, 1.807) is 12.1 Å². The third-order valence-corrected chi connectivity index (χ3v) is 4.50. The first-order valence-electron chi connectivity index (χ1n) is 6.82. The third-order valence-electron chi connectivity index (χ3n) is 3.86. The molecule has 1 saturated carbocycles. The summed E-state index contributed by atoms with van der Waals surface area (Å²) >= 11 is 3.48. The summed E-state index contributed by atoms with van der Waals surface area (Å²) < 4.78 is 0.853. The Hall–Kier alpha value is -1.03. The summed E-state index contributed by atoms with van der Waals surface area (Å²) in [4.78, 5) is 13.1. The number of benzene rings is 1. The van der Waals surface area contributed by atoms with Crippen LogP contribution in [-0.2, 0) is 0 Å². The Labute approximate surface area is 122 Å². The molecular formula is C15H20BrNO2. The van der Waals surface area contributed by atoms with Gasteiger partial charge in [0.05, 0.1) is 11.3 Å². The number of halogens is 1. The van der Waals surface area contributed by atoms with Crippen molar-refractivity contribution in [1.29, 1.82) is 0 Å². The van der Waals surface area contributed by atoms with Crippen molar-refractivity contribution in [3.05, 3.63) is 28.2 Å². The maximum absolute atomic E-state index is 10.9. The van der Waals surface area contributed by atoms with Crippen molar-refractivity contribution in [3.8, 4) is 0 Å². The minimum atomic E-state index is -0.887. The number of nitrogens with zero attached hydrogens (tertiary/aromatic N) is 1. The molecule has 1 aliphatic rings. The predicted molar refractivity (Wildman–Crippen MR) is 80.9 cm³/mol. The normalized spacial score (nSPS) is 16.3. The van der Waals surface area contributed by atoms with Gasteiger partial charge in [-0.25, -0.2) is 4.79 Å². The lowest BCUT2D eigenvalue weighted by molar-refractivity contribution is 0.0697. The molecule has 0 saturated heterocycles. The van der Waals surface area contributed by atoms with E-state index in [1.165, 1.54) is 32.1 Å². The fourth-order valence-electron chi connectivity index (χ4n) is 2.80. The van der Waals surface area contributed by atoms with Crippen molar-refractivity contribution >= 4 is 27.6 Å². The van der Waals surface area contributed by atoms with Crippen molar-refractivity contribution < 1.29 is 9.90 Å². The van der Waals surface area contributed by atoms with Gasteiger partial charge in [-0.05, 0) is 52.9 Å². The third kappa shape index (κ3) is 3.72. The average molecular weight is 326 g/mol. The Morgan fingerprint density at radius 1 is 1.37 bits per heavy atom. The van der Waals surface area contributed by atoms with E-state index in [0.29, 0.717) is 5.56 Å². The molecule has 2 rings (SSSR count). The standard InChI is InChI=1S/C15H20BrNO2/c1-17(10-11-5-3-2-4-6-11)14-8-7-12(15(18)19)9-13(14)16/h7-9,11H,2-6,10H2,1H3,(H,18,19). The first-order valence-corrected chi connectivity index (χ1v) is 7.61. The number of carboxylic acids is 1. The summed E-state index contributed by atoms with van der Waals surface area (Å²) in [6.07, 6.45) is 6.69. The highest BCUT2D eigenvalue weighted by atomic mass is 79.9. The number of anilines is 1. The van der Waals surface area contributed by atoms with Crippen LogP contribution in [0.3, 0.4) is 0 Å². The van der Waals surface area contributed by atoms with Gasteiger partial charge in [0.25, 0.3) is 0 Å². The fourth-order valence-corrected chi connectivity index (χ4v) is 3.49. The van der Waals surface area contributed by atoms with Gasteiger partial charge in [0.2, 0.25) is 0 Å². The van der Waals surface area contributed by atoms with Crippen LogP contribution in [0.5, 0.6) is 0 Å². The van der Waals surface area contributed by atoms with Gasteiger partial charge in [-0.15, -0.1) is 0 Å². The second kappa shape index (κ2) is 6.42. The zero-order valence-corrected chi connectivity index (χ0v) is 12.8. The van der Waals surface area contributed by atoms with Crippen molar-refractivity contribution in [2.45, 2.75) is 32.1 Å². The van der Waals surface area contributed by atoms with E-state index < -0.39 is 5.97 Å². The molecule has 1 aliphatic carbocycles. The predicted octanol–water partition coefficient (Wildman–Crippen LogP) is 4.16. The van der Waals surface area contributed by atoms with Gasteiger partial charge < -0.3 is 10.0 Å². The molecule has 1 aromatic carbocycles. The lowest BCUT2D eigenvalue weighted by Gasteiger charge is -2.29. The number of aromatic carboxylic acids is 1. The summed E-state index contributed by atoms with van der Waals surface area (Å²) in [5.41, 5.74) is 1.39. The molecule has 0 bridgehead atoms. The molecule has 0 amide bonds. The topological polar surface area (TPSA) is 40.5 Å². The summed E-state index contributed by atoms with van der Waals surface area (Å²) in [5.74, 6) is -0.119. The van der Waals surface area contributed by atoms with Gasteiger partial charge in [-0.3, -0.25) is 0 Å². The van der Waals surface area contributed by atoms with Crippen LogP contribution in [0.4, 0.5) is 5.69 Å². The SMILES string of the molecule is CN(CC1CCCCC1)c1ccc(C(=O)O)cc1Br. The van der Waals surface area contributed by atoms with Crippen LogP contribution in [0, 0.1) is 5.92 Å². The Balaban J connectivity index is 2.05. The average Bonchev–Trinajstić information content (AvgIpc) is 2.39. The summed E-state index contributed by atoms with van der Waals surface area (Å²) in [5, 5.41) is 8.97. The smallest absolute Gasteiger partial charge is 0.335 e. The van der Waals surface area contributed by atoms with Crippen LogP contribution in [0.2, 0.25) is 0 Å². The fraction of sp³-hybridized carbons (Fsp3) is 0.533. The molecule has 104 valence electrons. The van der Waals surface area contributed by atoms with E-state index in [9.17, 15) is 4.79 Å². The van der Waals surface area contributed by atoms with Crippen molar-refractivity contribution in [3.63, 3.8) is 0 Å². The Kier molecular flexibility index (Phi) is 4.86. The van der Waals surface area contributed by atoms with E-state index in [2.05, 4.69) is 27.9 Å². The zero-order valence-electron chi connectivity index (χ0n) is 11.2. The first-order chi connectivity index (χ1) is 9.08. The number of hydrogen-bond donors (Lipinski definition) is 1. The minimum Gasteiger partial charge on any atom is -0.478 e. The van der Waals surface area contributed by atoms with E-state index in [-0.39, 0.29) is 0 Å². The van der Waals surface area contributed by atoms with Gasteiger partial charge in [-0.2, -0.15) is 0 Å². The molecule has 3 nitrogen and oxygen atoms in total. The molecule has 0 atom stereocenters. The quantitative estimate of drug-likeness (QED) is 0.903. The summed E-state index contributed by atoms with van der Waals surface area (Å²) in [6, 6.07) is 5.23. The van der Waals surface area contributed by atoms with E-state index in [1.807, 2.05) is 6.07 Å². The lowest BCUT2D eigenvalue weighted by Crippen LogP contribution is -2.27. The molecule has 0 aliphatic heterocycles. The van der Waals surface area contributed by atoms with Crippen LogP contribution < -0.4 is 4.90 Å². The maximum Gasteiger partial charge on any atom is 0.335 e. The van der Waals surface area contributed by atoms with Crippen molar-refractivity contribution in [2.75, 3.05) is 18.5 Å². The minimum absolute atomic E-state index is 0.321. The number of carboxylic acid groups (broad SMARTS) is 1. The molecule has 0 heterocycles. The van der Waals surface area contributed by atoms with Crippen LogP contribution in [0.1, 0.15) is 42.5 Å². The lowest BCUT2D eigenvalue weighted by atomic mass is 9.89. The summed E-state index contributed by atoms with van der Waals surface area (Å²) in [7, 11) is 2.08. The number of rotatable bonds is 4. The summed E-state index contributed by atoms with van der Waals surface area (Å²) in [6.45, 7) is 1.05. The van der Waals surface area contributed by atoms with Crippen molar-refractivity contribution in [1.82, 2.24) is 0 Å². The van der Waals surface area contributed by atoms with E-state index >= 15 is 0 Å². The Morgan fingerprint density at radius 3 is 2.63 bits per heavy atom. The monoisotopic (exact) mass is 325 g/mol. The van der Waals surface area contributed by atoms with E-state index in [4.69, 9.17) is 5.11 Å². The van der Waals surface area contributed by atoms with Crippen LogP contribution >= 0.6 is 15.9 Å². The van der Waals surface area contributed by atoms with Gasteiger partial charge >= 0.3 is 5.97 Å². The van der Waals surface area contributed by atoms with Gasteiger partial charge in [0.15, 0.2) is 0 Å². The molecule has 4 heteroatoms. The molecule has 0 radical (unpaired) electrons. The van der Waals surface area contributed by atoms with Gasteiger partial charge in [-0.1, -0.05) is 19.3 Å². The Morgan fingerprint density at radius 2 is 2.05 bits per heavy atom. The molecule has 1 N–H and O–H groups in total.